The molecule has 86 valence electrons. The number of methoxy groups -OCH3 is 1. The van der Waals surface area contributed by atoms with Gasteiger partial charge in [-0.15, -0.1) is 0 Å². The lowest BCUT2D eigenvalue weighted by atomic mass is 10.2. The zero-order chi connectivity index (χ0) is 12.3. The second-order valence-electron chi connectivity index (χ2n) is 2.73. The number of rotatable bonds is 2. The third kappa shape index (κ3) is 2.77. The Kier molecular flexibility index (Phi) is 3.98. The highest BCUT2D eigenvalue weighted by atomic mass is 35.5. The SMILES string of the molecule is COC(=O)Nc1c(Cl)cc(Cl)cc1C(=O)O. The molecule has 1 amide bonds. The second kappa shape index (κ2) is 5.05. The number of hydrogen-bond donors (Lipinski definition) is 2. The third-order valence-corrected chi connectivity index (χ3v) is 2.21. The van der Waals surface area contributed by atoms with E-state index in [0.29, 0.717) is 0 Å². The normalized spacial score (nSPS) is 9.69. The maximum absolute atomic E-state index is 11.0. The van der Waals surface area contributed by atoms with Gasteiger partial charge in [-0.2, -0.15) is 0 Å². The molecule has 0 radical (unpaired) electrons. The van der Waals surface area contributed by atoms with Gasteiger partial charge in [0, 0.05) is 5.02 Å². The van der Waals surface area contributed by atoms with E-state index in [-0.39, 0.29) is 21.3 Å². The topological polar surface area (TPSA) is 75.6 Å². The Balaban J connectivity index is 3.24. The Morgan fingerprint density at radius 3 is 2.50 bits per heavy atom. The maximum atomic E-state index is 11.0. The van der Waals surface area contributed by atoms with E-state index < -0.39 is 12.1 Å². The van der Waals surface area contributed by atoms with Crippen LogP contribution in [0.3, 0.4) is 0 Å². The highest BCUT2D eigenvalue weighted by Crippen LogP contribution is 2.30. The molecule has 0 aliphatic heterocycles. The highest BCUT2D eigenvalue weighted by Gasteiger charge is 2.17. The van der Waals surface area contributed by atoms with E-state index in [1.807, 2.05) is 0 Å². The number of carbonyl (C=O) groups is 2. The molecule has 0 heterocycles. The summed E-state index contributed by atoms with van der Waals surface area (Å²) in [4.78, 5) is 21.9. The van der Waals surface area contributed by atoms with Crippen LogP contribution in [0.2, 0.25) is 10.0 Å². The van der Waals surface area contributed by atoms with Crippen molar-refractivity contribution >= 4 is 41.0 Å². The number of amides is 1. The van der Waals surface area contributed by atoms with Gasteiger partial charge in [-0.3, -0.25) is 5.32 Å². The molecule has 0 aliphatic rings. The number of carboxylic acid groups (broad SMARTS) is 1. The van der Waals surface area contributed by atoms with Crippen molar-refractivity contribution in [3.05, 3.63) is 27.7 Å². The van der Waals surface area contributed by atoms with E-state index in [4.69, 9.17) is 28.3 Å². The van der Waals surface area contributed by atoms with Gasteiger partial charge in [-0.25, -0.2) is 9.59 Å². The molecule has 0 saturated carbocycles. The Morgan fingerprint density at radius 1 is 1.38 bits per heavy atom. The minimum Gasteiger partial charge on any atom is -0.478 e. The average molecular weight is 264 g/mol. The molecule has 0 bridgehead atoms. The van der Waals surface area contributed by atoms with E-state index >= 15 is 0 Å². The van der Waals surface area contributed by atoms with Gasteiger partial charge in [-0.1, -0.05) is 23.2 Å². The molecule has 0 aromatic heterocycles. The minimum atomic E-state index is -1.25. The van der Waals surface area contributed by atoms with E-state index in [1.54, 1.807) is 0 Å². The number of nitrogens with one attached hydrogen (secondary N) is 1. The van der Waals surface area contributed by atoms with Crippen LogP contribution in [0.5, 0.6) is 0 Å². The van der Waals surface area contributed by atoms with Gasteiger partial charge in [-0.05, 0) is 12.1 Å². The second-order valence-corrected chi connectivity index (χ2v) is 3.58. The van der Waals surface area contributed by atoms with Gasteiger partial charge in [0.25, 0.3) is 0 Å². The van der Waals surface area contributed by atoms with Crippen molar-refractivity contribution in [3.8, 4) is 0 Å². The van der Waals surface area contributed by atoms with Crippen LogP contribution < -0.4 is 5.32 Å². The van der Waals surface area contributed by atoms with Crippen LogP contribution in [0.1, 0.15) is 10.4 Å². The van der Waals surface area contributed by atoms with E-state index in [1.165, 1.54) is 12.1 Å². The summed E-state index contributed by atoms with van der Waals surface area (Å²) in [6.45, 7) is 0. The summed E-state index contributed by atoms with van der Waals surface area (Å²) >= 11 is 11.4. The molecule has 5 nitrogen and oxygen atoms in total. The van der Waals surface area contributed by atoms with Crippen LogP contribution in [-0.2, 0) is 4.74 Å². The van der Waals surface area contributed by atoms with Crippen LogP contribution in [0.15, 0.2) is 12.1 Å². The van der Waals surface area contributed by atoms with Gasteiger partial charge in [0.1, 0.15) is 0 Å². The molecule has 0 unspecified atom stereocenters. The van der Waals surface area contributed by atoms with Crippen molar-refractivity contribution in [2.45, 2.75) is 0 Å². The third-order valence-electron chi connectivity index (χ3n) is 1.70. The summed E-state index contributed by atoms with van der Waals surface area (Å²) < 4.78 is 4.34. The number of carboxylic acids is 1. The summed E-state index contributed by atoms with van der Waals surface area (Å²) in [6, 6.07) is 2.50. The van der Waals surface area contributed by atoms with E-state index in [0.717, 1.165) is 7.11 Å². The Morgan fingerprint density at radius 2 is 2.00 bits per heavy atom. The van der Waals surface area contributed by atoms with Crippen molar-refractivity contribution in [1.82, 2.24) is 0 Å². The van der Waals surface area contributed by atoms with Crippen LogP contribution in [0, 0.1) is 0 Å². The lowest BCUT2D eigenvalue weighted by Crippen LogP contribution is -2.14. The summed E-state index contributed by atoms with van der Waals surface area (Å²) in [5.74, 6) is -1.25. The molecule has 1 aromatic carbocycles. The summed E-state index contributed by atoms with van der Waals surface area (Å²) in [5.41, 5.74) is -0.256. The summed E-state index contributed by atoms with van der Waals surface area (Å²) in [5, 5.41) is 11.3. The molecule has 16 heavy (non-hydrogen) atoms. The summed E-state index contributed by atoms with van der Waals surface area (Å²) in [7, 11) is 1.15. The molecular formula is C9H7Cl2NO4. The molecule has 0 spiro atoms. The molecule has 1 rings (SSSR count). The summed E-state index contributed by atoms with van der Waals surface area (Å²) in [6.07, 6.45) is -0.813. The first kappa shape index (κ1) is 12.6. The van der Waals surface area contributed by atoms with E-state index in [9.17, 15) is 9.59 Å². The van der Waals surface area contributed by atoms with Gasteiger partial charge < -0.3 is 9.84 Å². The van der Waals surface area contributed by atoms with Crippen molar-refractivity contribution in [3.63, 3.8) is 0 Å². The molecular weight excluding hydrogens is 257 g/mol. The number of anilines is 1. The lowest BCUT2D eigenvalue weighted by molar-refractivity contribution is 0.0698. The van der Waals surface area contributed by atoms with Gasteiger partial charge in [0.05, 0.1) is 23.4 Å². The maximum Gasteiger partial charge on any atom is 0.411 e. The van der Waals surface area contributed by atoms with Crippen molar-refractivity contribution in [1.29, 1.82) is 0 Å². The predicted molar refractivity (Wildman–Crippen MR) is 59.4 cm³/mol. The molecule has 0 aliphatic carbocycles. The lowest BCUT2D eigenvalue weighted by Gasteiger charge is -2.09. The number of ether oxygens (including phenoxy) is 1. The fourth-order valence-corrected chi connectivity index (χ4v) is 1.56. The van der Waals surface area contributed by atoms with Crippen LogP contribution in [0.4, 0.5) is 10.5 Å². The number of benzene rings is 1. The van der Waals surface area contributed by atoms with Gasteiger partial charge in [0.2, 0.25) is 0 Å². The number of hydrogen-bond acceptors (Lipinski definition) is 3. The first-order valence-corrected chi connectivity index (χ1v) is 4.78. The van der Waals surface area contributed by atoms with Crippen molar-refractivity contribution < 1.29 is 19.4 Å². The molecule has 1 aromatic rings. The number of aromatic carboxylic acids is 1. The smallest absolute Gasteiger partial charge is 0.411 e. The van der Waals surface area contributed by atoms with Crippen molar-refractivity contribution in [2.24, 2.45) is 0 Å². The predicted octanol–water partition coefficient (Wildman–Crippen LogP) is 2.87. The Hall–Kier alpha value is -1.46. The average Bonchev–Trinajstić information content (AvgIpc) is 2.20. The molecule has 7 heteroatoms. The number of halogens is 2. The van der Waals surface area contributed by atoms with Gasteiger partial charge >= 0.3 is 12.1 Å². The van der Waals surface area contributed by atoms with Crippen molar-refractivity contribution in [2.75, 3.05) is 12.4 Å². The fraction of sp³-hybridized carbons (Fsp3) is 0.111. The quantitative estimate of drug-likeness (QED) is 0.861. The molecule has 0 saturated heterocycles. The molecule has 2 N–H and O–H groups in total. The first-order chi connectivity index (χ1) is 7.45. The van der Waals surface area contributed by atoms with E-state index in [2.05, 4.69) is 10.1 Å². The van der Waals surface area contributed by atoms with Crippen LogP contribution in [-0.4, -0.2) is 24.3 Å². The monoisotopic (exact) mass is 263 g/mol. The Bertz CT molecular complexity index is 447. The Labute approximate surface area is 101 Å². The molecule has 0 fully saturated rings. The largest absolute Gasteiger partial charge is 0.478 e. The standard InChI is InChI=1S/C9H7Cl2NO4/c1-16-9(15)12-7-5(8(13)14)2-4(10)3-6(7)11/h2-3H,1H3,(H,12,15)(H,13,14). The van der Waals surface area contributed by atoms with Crippen LogP contribution >= 0.6 is 23.2 Å². The zero-order valence-electron chi connectivity index (χ0n) is 8.08. The molecule has 0 atom stereocenters. The zero-order valence-corrected chi connectivity index (χ0v) is 9.59. The first-order valence-electron chi connectivity index (χ1n) is 4.03. The fourth-order valence-electron chi connectivity index (χ4n) is 1.02. The minimum absolute atomic E-state index is 0.0234. The number of carbonyl (C=O) groups excluding carboxylic acids is 1. The van der Waals surface area contributed by atoms with Crippen LogP contribution in [0.25, 0.3) is 0 Å². The highest BCUT2D eigenvalue weighted by molar-refractivity contribution is 6.37. The van der Waals surface area contributed by atoms with Gasteiger partial charge in [0.15, 0.2) is 0 Å².